The van der Waals surface area contributed by atoms with E-state index in [-0.39, 0.29) is 16.6 Å². The van der Waals surface area contributed by atoms with Gasteiger partial charge in [0.1, 0.15) is 11.3 Å². The van der Waals surface area contributed by atoms with Crippen LogP contribution < -0.4 is 21.3 Å². The fourth-order valence-corrected chi connectivity index (χ4v) is 3.23. The number of carbonyl (C=O) groups excluding carboxylic acids is 1. The van der Waals surface area contributed by atoms with E-state index in [2.05, 4.69) is 10.3 Å². The van der Waals surface area contributed by atoms with Gasteiger partial charge in [0.05, 0.1) is 23.9 Å². The van der Waals surface area contributed by atoms with Crippen molar-refractivity contribution >= 4 is 22.6 Å². The predicted octanol–water partition coefficient (Wildman–Crippen LogP) is 2.28. The van der Waals surface area contributed by atoms with Gasteiger partial charge in [0.2, 0.25) is 0 Å². The summed E-state index contributed by atoms with van der Waals surface area (Å²) in [5.74, 6) is 0.229. The van der Waals surface area contributed by atoms with Crippen LogP contribution in [0.5, 0.6) is 5.75 Å². The molecular formula is C21H18N4O4. The number of amides is 1. The molecule has 0 saturated carbocycles. The van der Waals surface area contributed by atoms with Crippen LogP contribution in [0.1, 0.15) is 10.4 Å². The minimum absolute atomic E-state index is 0.195. The third kappa shape index (κ3) is 3.20. The topological polar surface area (TPSA) is 98.1 Å². The lowest BCUT2D eigenvalue weighted by Gasteiger charge is -2.07. The van der Waals surface area contributed by atoms with Gasteiger partial charge in [0.15, 0.2) is 0 Å². The Hall–Kier alpha value is -4.07. The standard InChI is InChI=1S/C21H18N4O4/c1-24-12-16(19(26)22-13-8-10-15(29-2)11-9-13)17-18(24)20(27)25(21(28)23-17)14-6-4-3-5-7-14/h3-12H,1-2H3,(H,22,26)(H,23,28). The maximum absolute atomic E-state index is 13.0. The number of nitrogens with one attached hydrogen (secondary N) is 2. The molecule has 0 atom stereocenters. The minimum atomic E-state index is -0.613. The highest BCUT2D eigenvalue weighted by Crippen LogP contribution is 2.19. The molecule has 0 saturated heterocycles. The Bertz CT molecular complexity index is 1320. The first-order valence-electron chi connectivity index (χ1n) is 8.85. The SMILES string of the molecule is COc1ccc(NC(=O)c2cn(C)c3c(=O)n(-c4ccccc4)c(=O)[nH]c23)cc1. The molecule has 0 aliphatic carbocycles. The van der Waals surface area contributed by atoms with Gasteiger partial charge in [-0.25, -0.2) is 9.36 Å². The summed E-state index contributed by atoms with van der Waals surface area (Å²) < 4.78 is 7.69. The van der Waals surface area contributed by atoms with Gasteiger partial charge in [-0.1, -0.05) is 18.2 Å². The third-order valence-electron chi connectivity index (χ3n) is 4.63. The number of anilines is 1. The van der Waals surface area contributed by atoms with Gasteiger partial charge < -0.3 is 19.6 Å². The lowest BCUT2D eigenvalue weighted by atomic mass is 10.2. The van der Waals surface area contributed by atoms with Crippen LogP contribution in [0.15, 0.2) is 70.4 Å². The van der Waals surface area contributed by atoms with Crippen molar-refractivity contribution < 1.29 is 9.53 Å². The second-order valence-corrected chi connectivity index (χ2v) is 6.47. The molecule has 2 aromatic heterocycles. The summed E-state index contributed by atoms with van der Waals surface area (Å²) in [4.78, 5) is 41.1. The number of nitrogens with zero attached hydrogens (tertiary/aromatic N) is 2. The smallest absolute Gasteiger partial charge is 0.333 e. The number of aromatic amines is 1. The minimum Gasteiger partial charge on any atom is -0.497 e. The van der Waals surface area contributed by atoms with Gasteiger partial charge in [-0.2, -0.15) is 0 Å². The highest BCUT2D eigenvalue weighted by molar-refractivity contribution is 6.11. The molecule has 8 heteroatoms. The van der Waals surface area contributed by atoms with Crippen LogP contribution in [0, 0.1) is 0 Å². The maximum Gasteiger partial charge on any atom is 0.333 e. The molecule has 1 amide bonds. The van der Waals surface area contributed by atoms with Crippen molar-refractivity contribution in [3.05, 3.63) is 87.2 Å². The Kier molecular flexibility index (Phi) is 4.52. The van der Waals surface area contributed by atoms with Gasteiger partial charge in [-0.05, 0) is 36.4 Å². The summed E-state index contributed by atoms with van der Waals surface area (Å²) in [5, 5.41) is 2.76. The van der Waals surface area contributed by atoms with Crippen molar-refractivity contribution in [3.63, 3.8) is 0 Å². The van der Waals surface area contributed by atoms with E-state index in [9.17, 15) is 14.4 Å². The van der Waals surface area contributed by atoms with E-state index in [1.54, 1.807) is 68.8 Å². The van der Waals surface area contributed by atoms with Crippen LogP contribution in [0.2, 0.25) is 0 Å². The number of ether oxygens (including phenoxy) is 1. The number of para-hydroxylation sites is 1. The van der Waals surface area contributed by atoms with Crippen molar-refractivity contribution in [2.24, 2.45) is 7.05 Å². The summed E-state index contributed by atoms with van der Waals surface area (Å²) in [7, 11) is 3.21. The molecular weight excluding hydrogens is 372 g/mol. The number of aromatic nitrogens is 3. The normalized spacial score (nSPS) is 10.8. The van der Waals surface area contributed by atoms with Crippen LogP contribution in [0.4, 0.5) is 5.69 Å². The largest absolute Gasteiger partial charge is 0.497 e. The Morgan fingerprint density at radius 1 is 1.03 bits per heavy atom. The second-order valence-electron chi connectivity index (χ2n) is 6.47. The zero-order valence-corrected chi connectivity index (χ0v) is 15.8. The van der Waals surface area contributed by atoms with Crippen molar-refractivity contribution in [1.29, 1.82) is 0 Å². The zero-order chi connectivity index (χ0) is 20.5. The first-order chi connectivity index (χ1) is 14.0. The number of rotatable bonds is 4. The summed E-state index contributed by atoms with van der Waals surface area (Å²) >= 11 is 0. The van der Waals surface area contributed by atoms with Crippen LogP contribution in [-0.2, 0) is 7.05 Å². The number of H-pyrrole nitrogens is 1. The molecule has 0 aliphatic rings. The predicted molar refractivity (Wildman–Crippen MR) is 110 cm³/mol. The molecule has 2 aromatic carbocycles. The van der Waals surface area contributed by atoms with Gasteiger partial charge in [0, 0.05) is 18.9 Å². The Morgan fingerprint density at radius 2 is 1.72 bits per heavy atom. The van der Waals surface area contributed by atoms with E-state index in [4.69, 9.17) is 4.74 Å². The van der Waals surface area contributed by atoms with Crippen molar-refractivity contribution in [3.8, 4) is 11.4 Å². The van der Waals surface area contributed by atoms with Gasteiger partial charge in [0.25, 0.3) is 11.5 Å². The lowest BCUT2D eigenvalue weighted by Crippen LogP contribution is -2.34. The van der Waals surface area contributed by atoms with Crippen LogP contribution in [-0.4, -0.2) is 27.1 Å². The van der Waals surface area contributed by atoms with Gasteiger partial charge in [-0.3, -0.25) is 9.59 Å². The fraction of sp³-hybridized carbons (Fsp3) is 0.0952. The number of hydrogen-bond acceptors (Lipinski definition) is 4. The van der Waals surface area contributed by atoms with Crippen LogP contribution >= 0.6 is 0 Å². The lowest BCUT2D eigenvalue weighted by molar-refractivity contribution is 0.102. The highest BCUT2D eigenvalue weighted by atomic mass is 16.5. The number of aryl methyl sites for hydroxylation is 1. The van der Waals surface area contributed by atoms with Crippen LogP contribution in [0.25, 0.3) is 16.7 Å². The molecule has 146 valence electrons. The fourth-order valence-electron chi connectivity index (χ4n) is 3.23. The molecule has 0 fully saturated rings. The average molecular weight is 390 g/mol. The summed E-state index contributed by atoms with van der Waals surface area (Å²) in [6.07, 6.45) is 1.52. The summed E-state index contributed by atoms with van der Waals surface area (Å²) in [6.45, 7) is 0. The summed E-state index contributed by atoms with van der Waals surface area (Å²) in [6, 6.07) is 15.5. The molecule has 0 unspecified atom stereocenters. The molecule has 2 heterocycles. The molecule has 0 radical (unpaired) electrons. The second kappa shape index (κ2) is 7.16. The van der Waals surface area contributed by atoms with E-state index < -0.39 is 17.2 Å². The number of hydrogen-bond donors (Lipinski definition) is 2. The molecule has 8 nitrogen and oxygen atoms in total. The Balaban J connectivity index is 1.79. The van der Waals surface area contributed by atoms with E-state index in [0.717, 1.165) is 4.57 Å². The Morgan fingerprint density at radius 3 is 2.38 bits per heavy atom. The number of carbonyl (C=O) groups is 1. The monoisotopic (exact) mass is 390 g/mol. The van der Waals surface area contributed by atoms with E-state index >= 15 is 0 Å². The van der Waals surface area contributed by atoms with Gasteiger partial charge in [-0.15, -0.1) is 0 Å². The van der Waals surface area contributed by atoms with Crippen LogP contribution in [0.3, 0.4) is 0 Å². The molecule has 0 aliphatic heterocycles. The van der Waals surface area contributed by atoms with Crippen molar-refractivity contribution in [2.45, 2.75) is 0 Å². The molecule has 4 aromatic rings. The molecule has 0 spiro atoms. The number of benzene rings is 2. The first-order valence-corrected chi connectivity index (χ1v) is 8.85. The van der Waals surface area contributed by atoms with E-state index in [0.29, 0.717) is 17.1 Å². The number of methoxy groups -OCH3 is 1. The highest BCUT2D eigenvalue weighted by Gasteiger charge is 2.20. The molecule has 2 N–H and O–H groups in total. The average Bonchev–Trinajstić information content (AvgIpc) is 3.06. The van der Waals surface area contributed by atoms with Gasteiger partial charge >= 0.3 is 5.69 Å². The van der Waals surface area contributed by atoms with E-state index in [1.165, 1.54) is 10.8 Å². The van der Waals surface area contributed by atoms with Crippen molar-refractivity contribution in [1.82, 2.24) is 14.1 Å². The third-order valence-corrected chi connectivity index (χ3v) is 4.63. The summed E-state index contributed by atoms with van der Waals surface area (Å²) in [5.41, 5.74) is 0.528. The first kappa shape index (κ1) is 18.3. The molecule has 29 heavy (non-hydrogen) atoms. The van der Waals surface area contributed by atoms with E-state index in [1.807, 2.05) is 0 Å². The molecule has 0 bridgehead atoms. The quantitative estimate of drug-likeness (QED) is 0.559. The maximum atomic E-state index is 13.0. The Labute approximate surface area is 165 Å². The zero-order valence-electron chi connectivity index (χ0n) is 15.8. The molecule has 4 rings (SSSR count). The van der Waals surface area contributed by atoms with Crippen molar-refractivity contribution in [2.75, 3.05) is 12.4 Å². The number of fused-ring (bicyclic) bond motifs is 1.